The summed E-state index contributed by atoms with van der Waals surface area (Å²) < 4.78 is 1.91. The average Bonchev–Trinajstić information content (AvgIpc) is 3.25. The number of carbonyl (C=O) groups is 2. The number of Topliss-reactive ketones (excluding diaryl/α,β-unsaturated/α-hetero) is 1. The number of nitrogens with one attached hydrogen (secondary N) is 2. The van der Waals surface area contributed by atoms with Gasteiger partial charge in [0.1, 0.15) is 18.3 Å². The second kappa shape index (κ2) is 6.46. The van der Waals surface area contributed by atoms with E-state index < -0.39 is 0 Å². The molecule has 7 nitrogen and oxygen atoms in total. The Hall–Kier alpha value is -2.44. The molecule has 1 fully saturated rings. The fraction of sp³-hybridized carbons (Fsp3) is 0.556. The van der Waals surface area contributed by atoms with Crippen LogP contribution < -0.4 is 5.32 Å². The van der Waals surface area contributed by atoms with E-state index in [0.717, 1.165) is 55.3 Å². The molecule has 0 aliphatic heterocycles. The van der Waals surface area contributed by atoms with Gasteiger partial charge in [0, 0.05) is 23.7 Å². The number of hydrogen-bond acceptors (Lipinski definition) is 4. The normalized spacial score (nSPS) is 23.3. The largest absolute Gasteiger partial charge is 0.354 e. The van der Waals surface area contributed by atoms with Gasteiger partial charge in [0.25, 0.3) is 5.91 Å². The molecule has 0 atom stereocenters. The molecule has 0 saturated heterocycles. The molecule has 2 aliphatic carbocycles. The highest BCUT2D eigenvalue weighted by molar-refractivity contribution is 6.04. The van der Waals surface area contributed by atoms with Crippen LogP contribution in [0.15, 0.2) is 12.7 Å². The molecular formula is C18H23N5O2. The summed E-state index contributed by atoms with van der Waals surface area (Å²) in [7, 11) is 0. The van der Waals surface area contributed by atoms with Gasteiger partial charge in [0.2, 0.25) is 0 Å². The van der Waals surface area contributed by atoms with Crippen molar-refractivity contribution in [2.24, 2.45) is 0 Å². The van der Waals surface area contributed by atoms with Gasteiger partial charge < -0.3 is 10.3 Å². The van der Waals surface area contributed by atoms with Crippen LogP contribution >= 0.6 is 0 Å². The van der Waals surface area contributed by atoms with E-state index in [1.165, 1.54) is 0 Å². The highest BCUT2D eigenvalue weighted by atomic mass is 16.2. The van der Waals surface area contributed by atoms with Crippen LogP contribution in [-0.4, -0.2) is 37.5 Å². The maximum atomic E-state index is 12.7. The van der Waals surface area contributed by atoms with E-state index in [1.807, 2.05) is 11.6 Å². The average molecular weight is 341 g/mol. The minimum Gasteiger partial charge on any atom is -0.354 e. The van der Waals surface area contributed by atoms with Gasteiger partial charge in [-0.2, -0.15) is 5.10 Å². The molecule has 1 saturated carbocycles. The molecular weight excluding hydrogens is 318 g/mol. The highest BCUT2D eigenvalue weighted by Gasteiger charge is 2.28. The van der Waals surface area contributed by atoms with Crippen molar-refractivity contribution in [3.63, 3.8) is 0 Å². The van der Waals surface area contributed by atoms with E-state index >= 15 is 0 Å². The smallest absolute Gasteiger partial charge is 0.268 e. The number of H-pyrrole nitrogens is 1. The van der Waals surface area contributed by atoms with Crippen molar-refractivity contribution < 1.29 is 9.59 Å². The fourth-order valence-corrected chi connectivity index (χ4v) is 4.15. The second-order valence-electron chi connectivity index (χ2n) is 7.11. The minimum atomic E-state index is -0.0936. The number of nitrogens with zero attached hydrogens (tertiary/aromatic N) is 3. The quantitative estimate of drug-likeness (QED) is 0.896. The van der Waals surface area contributed by atoms with Crippen molar-refractivity contribution in [1.29, 1.82) is 0 Å². The summed E-state index contributed by atoms with van der Waals surface area (Å²) in [6, 6.07) is 0.538. The summed E-state index contributed by atoms with van der Waals surface area (Å²) in [4.78, 5) is 32.0. The lowest BCUT2D eigenvalue weighted by Gasteiger charge is -2.28. The third kappa shape index (κ3) is 2.99. The molecule has 4 rings (SSSR count). The van der Waals surface area contributed by atoms with Crippen LogP contribution in [0.1, 0.15) is 76.7 Å². The van der Waals surface area contributed by atoms with Crippen LogP contribution in [0.3, 0.4) is 0 Å². The summed E-state index contributed by atoms with van der Waals surface area (Å²) in [6.45, 7) is 1.87. The van der Waals surface area contributed by atoms with E-state index in [2.05, 4.69) is 20.4 Å². The molecule has 25 heavy (non-hydrogen) atoms. The molecule has 2 aromatic rings. The van der Waals surface area contributed by atoms with Gasteiger partial charge in [0.05, 0.1) is 6.04 Å². The second-order valence-corrected chi connectivity index (χ2v) is 7.11. The number of aryl methyl sites for hydroxylation is 1. The first-order valence-corrected chi connectivity index (χ1v) is 9.03. The fourth-order valence-electron chi connectivity index (χ4n) is 4.15. The SMILES string of the molecule is Cc1c(C(=O)NC2CCC(n3cncn3)CC2)[nH]c2c1C(=O)CCC2. The van der Waals surface area contributed by atoms with Crippen LogP contribution in [0.4, 0.5) is 0 Å². The molecule has 0 radical (unpaired) electrons. The number of aromatic nitrogens is 4. The van der Waals surface area contributed by atoms with Gasteiger partial charge in [0.15, 0.2) is 5.78 Å². The van der Waals surface area contributed by atoms with Gasteiger partial charge in [-0.15, -0.1) is 0 Å². The molecule has 2 aliphatic rings. The first-order chi connectivity index (χ1) is 12.1. The Kier molecular flexibility index (Phi) is 4.15. The van der Waals surface area contributed by atoms with Crippen molar-refractivity contribution >= 4 is 11.7 Å². The van der Waals surface area contributed by atoms with Gasteiger partial charge in [-0.05, 0) is 51.0 Å². The van der Waals surface area contributed by atoms with E-state index in [0.29, 0.717) is 18.2 Å². The lowest BCUT2D eigenvalue weighted by atomic mass is 9.91. The Balaban J connectivity index is 1.41. The lowest BCUT2D eigenvalue weighted by Crippen LogP contribution is -2.38. The van der Waals surface area contributed by atoms with Crippen molar-refractivity contribution in [1.82, 2.24) is 25.1 Å². The Morgan fingerprint density at radius 1 is 1.28 bits per heavy atom. The minimum absolute atomic E-state index is 0.0936. The molecule has 132 valence electrons. The Labute approximate surface area is 146 Å². The Morgan fingerprint density at radius 2 is 2.08 bits per heavy atom. The molecule has 7 heteroatoms. The molecule has 0 unspecified atom stereocenters. The summed E-state index contributed by atoms with van der Waals surface area (Å²) in [5, 5.41) is 7.35. The first kappa shape index (κ1) is 16.1. The molecule has 2 heterocycles. The Bertz CT molecular complexity index is 785. The van der Waals surface area contributed by atoms with E-state index in [9.17, 15) is 9.59 Å². The summed E-state index contributed by atoms with van der Waals surface area (Å²) in [5.74, 6) is 0.0614. The molecule has 2 aromatic heterocycles. The van der Waals surface area contributed by atoms with Crippen LogP contribution in [0.5, 0.6) is 0 Å². The third-order valence-corrected chi connectivity index (χ3v) is 5.51. The maximum absolute atomic E-state index is 12.7. The van der Waals surface area contributed by atoms with Gasteiger partial charge >= 0.3 is 0 Å². The number of fused-ring (bicyclic) bond motifs is 1. The first-order valence-electron chi connectivity index (χ1n) is 9.03. The summed E-state index contributed by atoms with van der Waals surface area (Å²) in [6.07, 6.45) is 9.41. The van der Waals surface area contributed by atoms with Crippen LogP contribution in [0.25, 0.3) is 0 Å². The number of carbonyl (C=O) groups excluding carboxylic acids is 2. The predicted octanol–water partition coefficient (Wildman–Crippen LogP) is 2.35. The van der Waals surface area contributed by atoms with Crippen molar-refractivity contribution in [3.05, 3.63) is 35.2 Å². The standard InChI is InChI=1S/C18H23N5O2/c1-11-16-14(3-2-4-15(16)24)22-17(11)18(25)21-12-5-7-13(8-6-12)23-10-19-9-20-23/h9-10,12-13,22H,2-8H2,1H3,(H,21,25). The number of aromatic amines is 1. The Morgan fingerprint density at radius 3 is 2.76 bits per heavy atom. The van der Waals surface area contributed by atoms with E-state index in [-0.39, 0.29) is 17.7 Å². The highest BCUT2D eigenvalue weighted by Crippen LogP contribution is 2.29. The van der Waals surface area contributed by atoms with Gasteiger partial charge in [-0.25, -0.2) is 9.67 Å². The molecule has 2 N–H and O–H groups in total. The maximum Gasteiger partial charge on any atom is 0.268 e. The number of rotatable bonds is 3. The van der Waals surface area contributed by atoms with Crippen LogP contribution in [-0.2, 0) is 6.42 Å². The number of ketones is 1. The predicted molar refractivity (Wildman–Crippen MR) is 91.6 cm³/mol. The van der Waals surface area contributed by atoms with Crippen molar-refractivity contribution in [3.8, 4) is 0 Å². The number of amides is 1. The van der Waals surface area contributed by atoms with E-state index in [1.54, 1.807) is 12.7 Å². The monoisotopic (exact) mass is 341 g/mol. The van der Waals surface area contributed by atoms with Gasteiger partial charge in [-0.1, -0.05) is 0 Å². The summed E-state index contributed by atoms with van der Waals surface area (Å²) >= 11 is 0. The lowest BCUT2D eigenvalue weighted by molar-refractivity contribution is 0.0916. The number of hydrogen-bond donors (Lipinski definition) is 2. The zero-order valence-corrected chi connectivity index (χ0v) is 14.4. The zero-order chi connectivity index (χ0) is 17.4. The topological polar surface area (TPSA) is 92.7 Å². The van der Waals surface area contributed by atoms with E-state index in [4.69, 9.17) is 0 Å². The summed E-state index contributed by atoms with van der Waals surface area (Å²) in [5.41, 5.74) is 3.02. The molecule has 0 bridgehead atoms. The van der Waals surface area contributed by atoms with Crippen LogP contribution in [0.2, 0.25) is 0 Å². The molecule has 0 spiro atoms. The molecule has 0 aromatic carbocycles. The molecule has 1 amide bonds. The van der Waals surface area contributed by atoms with Crippen molar-refractivity contribution in [2.45, 2.75) is 64.0 Å². The zero-order valence-electron chi connectivity index (χ0n) is 14.4. The van der Waals surface area contributed by atoms with Crippen molar-refractivity contribution in [2.75, 3.05) is 0 Å². The third-order valence-electron chi connectivity index (χ3n) is 5.51. The van der Waals surface area contributed by atoms with Crippen LogP contribution in [0, 0.1) is 6.92 Å². The van der Waals surface area contributed by atoms with Gasteiger partial charge in [-0.3, -0.25) is 9.59 Å².